The first-order chi connectivity index (χ1) is 6.29. The van der Waals surface area contributed by atoms with Crippen molar-refractivity contribution in [2.24, 2.45) is 0 Å². The first kappa shape index (κ1) is 8.44. The van der Waals surface area contributed by atoms with Gasteiger partial charge >= 0.3 is 0 Å². The highest BCUT2D eigenvalue weighted by Gasteiger charge is 2.27. The second kappa shape index (κ2) is 3.30. The van der Waals surface area contributed by atoms with Crippen LogP contribution in [0.3, 0.4) is 0 Å². The lowest BCUT2D eigenvalue weighted by Crippen LogP contribution is -2.52. The van der Waals surface area contributed by atoms with E-state index in [2.05, 4.69) is 14.9 Å². The summed E-state index contributed by atoms with van der Waals surface area (Å²) in [5.74, 6) is 0.952. The zero-order valence-corrected chi connectivity index (χ0v) is 7.90. The van der Waals surface area contributed by atoms with Crippen molar-refractivity contribution in [3.63, 3.8) is 0 Å². The lowest BCUT2D eigenvalue weighted by Gasteiger charge is -2.38. The smallest absolute Gasteiger partial charge is 0.147 e. The highest BCUT2D eigenvalue weighted by Crippen LogP contribution is 2.18. The van der Waals surface area contributed by atoms with Crippen molar-refractivity contribution in [2.45, 2.75) is 13.0 Å². The molecular formula is C9H13N3O. The van der Waals surface area contributed by atoms with E-state index in [0.29, 0.717) is 6.10 Å². The molecule has 0 N–H and O–H groups in total. The van der Waals surface area contributed by atoms with E-state index in [4.69, 9.17) is 4.74 Å². The summed E-state index contributed by atoms with van der Waals surface area (Å²) >= 11 is 0. The van der Waals surface area contributed by atoms with Gasteiger partial charge in [0.15, 0.2) is 0 Å². The van der Waals surface area contributed by atoms with Gasteiger partial charge in [-0.1, -0.05) is 0 Å². The fourth-order valence-electron chi connectivity index (χ4n) is 1.38. The molecule has 0 unspecified atom stereocenters. The van der Waals surface area contributed by atoms with Crippen LogP contribution in [0.25, 0.3) is 0 Å². The first-order valence-electron chi connectivity index (χ1n) is 4.36. The van der Waals surface area contributed by atoms with Gasteiger partial charge in [-0.05, 0) is 6.92 Å². The molecule has 4 nitrogen and oxygen atoms in total. The second-order valence-electron chi connectivity index (χ2n) is 3.28. The van der Waals surface area contributed by atoms with Crippen molar-refractivity contribution in [3.8, 4) is 0 Å². The first-order valence-corrected chi connectivity index (χ1v) is 4.36. The summed E-state index contributed by atoms with van der Waals surface area (Å²) < 4.78 is 5.18. The van der Waals surface area contributed by atoms with Crippen LogP contribution < -0.4 is 4.90 Å². The van der Waals surface area contributed by atoms with Crippen LogP contribution in [-0.4, -0.2) is 36.3 Å². The average Bonchev–Trinajstić information content (AvgIpc) is 2.02. The largest absolute Gasteiger partial charge is 0.378 e. The SMILES string of the molecule is COC1CN(c2cncc(C)n2)C1. The number of methoxy groups -OCH3 is 1. The quantitative estimate of drug-likeness (QED) is 0.667. The van der Waals surface area contributed by atoms with Gasteiger partial charge in [0.1, 0.15) is 5.82 Å². The molecule has 1 aromatic rings. The fraction of sp³-hybridized carbons (Fsp3) is 0.556. The Bertz CT molecular complexity index is 297. The van der Waals surface area contributed by atoms with Gasteiger partial charge < -0.3 is 9.64 Å². The molecule has 0 radical (unpaired) electrons. The number of aryl methyl sites for hydroxylation is 1. The molecule has 13 heavy (non-hydrogen) atoms. The molecule has 0 amide bonds. The minimum absolute atomic E-state index is 0.363. The molecule has 4 heteroatoms. The van der Waals surface area contributed by atoms with Crippen LogP contribution in [0.2, 0.25) is 0 Å². The number of rotatable bonds is 2. The molecule has 1 aliphatic heterocycles. The molecule has 1 aromatic heterocycles. The minimum Gasteiger partial charge on any atom is -0.378 e. The lowest BCUT2D eigenvalue weighted by molar-refractivity contribution is 0.0782. The Labute approximate surface area is 77.6 Å². The van der Waals surface area contributed by atoms with Crippen molar-refractivity contribution >= 4 is 5.82 Å². The lowest BCUT2D eigenvalue weighted by atomic mass is 10.2. The summed E-state index contributed by atoms with van der Waals surface area (Å²) in [6.07, 6.45) is 3.91. The Kier molecular flexibility index (Phi) is 2.14. The molecule has 0 spiro atoms. The topological polar surface area (TPSA) is 38.2 Å². The van der Waals surface area contributed by atoms with Crippen molar-refractivity contribution in [2.75, 3.05) is 25.1 Å². The van der Waals surface area contributed by atoms with E-state index < -0.39 is 0 Å². The fourth-order valence-corrected chi connectivity index (χ4v) is 1.38. The van der Waals surface area contributed by atoms with Gasteiger partial charge in [0, 0.05) is 26.4 Å². The summed E-state index contributed by atoms with van der Waals surface area (Å²) in [5.41, 5.74) is 0.957. The van der Waals surface area contributed by atoms with E-state index in [1.165, 1.54) is 0 Å². The van der Waals surface area contributed by atoms with Crippen LogP contribution in [0.1, 0.15) is 5.69 Å². The standard InChI is InChI=1S/C9H13N3O/c1-7-3-10-4-9(11-7)12-5-8(6-12)13-2/h3-4,8H,5-6H2,1-2H3. The summed E-state index contributed by atoms with van der Waals surface area (Å²) in [4.78, 5) is 10.6. The van der Waals surface area contributed by atoms with E-state index in [1.54, 1.807) is 19.5 Å². The van der Waals surface area contributed by atoms with Crippen LogP contribution in [0.4, 0.5) is 5.82 Å². The van der Waals surface area contributed by atoms with Crippen LogP contribution in [-0.2, 0) is 4.74 Å². The van der Waals surface area contributed by atoms with Gasteiger partial charge in [-0.25, -0.2) is 4.98 Å². The van der Waals surface area contributed by atoms with Gasteiger partial charge in [-0.15, -0.1) is 0 Å². The summed E-state index contributed by atoms with van der Waals surface area (Å²) in [6.45, 7) is 3.80. The van der Waals surface area contributed by atoms with Crippen LogP contribution in [0.5, 0.6) is 0 Å². The van der Waals surface area contributed by atoms with Crippen LogP contribution >= 0.6 is 0 Å². The molecule has 1 fully saturated rings. The van der Waals surface area contributed by atoms with E-state index >= 15 is 0 Å². The number of hydrogen-bond donors (Lipinski definition) is 0. The maximum Gasteiger partial charge on any atom is 0.147 e. The molecule has 0 bridgehead atoms. The third-order valence-electron chi connectivity index (χ3n) is 2.25. The molecule has 0 aromatic carbocycles. The third kappa shape index (κ3) is 1.62. The Hall–Kier alpha value is -1.16. The Balaban J connectivity index is 2.03. The number of nitrogens with zero attached hydrogens (tertiary/aromatic N) is 3. The van der Waals surface area contributed by atoms with Gasteiger partial charge in [0.2, 0.25) is 0 Å². The zero-order valence-electron chi connectivity index (χ0n) is 7.90. The van der Waals surface area contributed by atoms with Gasteiger partial charge in [-0.2, -0.15) is 0 Å². The van der Waals surface area contributed by atoms with E-state index in [1.807, 2.05) is 6.92 Å². The van der Waals surface area contributed by atoms with Gasteiger partial charge in [0.05, 0.1) is 18.0 Å². The maximum absolute atomic E-state index is 5.18. The highest BCUT2D eigenvalue weighted by atomic mass is 16.5. The molecule has 1 saturated heterocycles. The molecule has 2 rings (SSSR count). The number of hydrogen-bond acceptors (Lipinski definition) is 4. The van der Waals surface area contributed by atoms with E-state index in [-0.39, 0.29) is 0 Å². The van der Waals surface area contributed by atoms with Crippen LogP contribution in [0, 0.1) is 6.92 Å². The highest BCUT2D eigenvalue weighted by molar-refractivity contribution is 5.40. The molecule has 2 heterocycles. The molecule has 70 valence electrons. The average molecular weight is 179 g/mol. The number of anilines is 1. The Morgan fingerprint density at radius 2 is 2.23 bits per heavy atom. The Morgan fingerprint density at radius 1 is 1.46 bits per heavy atom. The monoisotopic (exact) mass is 179 g/mol. The predicted molar refractivity (Wildman–Crippen MR) is 49.8 cm³/mol. The van der Waals surface area contributed by atoms with Crippen molar-refractivity contribution in [1.82, 2.24) is 9.97 Å². The maximum atomic E-state index is 5.18. The third-order valence-corrected chi connectivity index (χ3v) is 2.25. The molecule has 0 atom stereocenters. The summed E-state index contributed by atoms with van der Waals surface area (Å²) in [5, 5.41) is 0. The van der Waals surface area contributed by atoms with Gasteiger partial charge in [-0.3, -0.25) is 4.98 Å². The molecule has 0 saturated carbocycles. The van der Waals surface area contributed by atoms with E-state index in [0.717, 1.165) is 24.6 Å². The minimum atomic E-state index is 0.363. The summed E-state index contributed by atoms with van der Waals surface area (Å²) in [7, 11) is 1.74. The van der Waals surface area contributed by atoms with Gasteiger partial charge in [0.25, 0.3) is 0 Å². The normalized spacial score (nSPS) is 17.2. The van der Waals surface area contributed by atoms with E-state index in [9.17, 15) is 0 Å². The second-order valence-corrected chi connectivity index (χ2v) is 3.28. The molecular weight excluding hydrogens is 166 g/mol. The molecule has 0 aliphatic carbocycles. The van der Waals surface area contributed by atoms with Crippen molar-refractivity contribution in [1.29, 1.82) is 0 Å². The Morgan fingerprint density at radius 3 is 2.85 bits per heavy atom. The van der Waals surface area contributed by atoms with Crippen molar-refractivity contribution < 1.29 is 4.74 Å². The molecule has 1 aliphatic rings. The number of ether oxygens (including phenoxy) is 1. The zero-order chi connectivity index (χ0) is 9.26. The van der Waals surface area contributed by atoms with Crippen LogP contribution in [0.15, 0.2) is 12.4 Å². The number of aromatic nitrogens is 2. The van der Waals surface area contributed by atoms with Crippen molar-refractivity contribution in [3.05, 3.63) is 18.1 Å². The summed E-state index contributed by atoms with van der Waals surface area (Å²) in [6, 6.07) is 0. The predicted octanol–water partition coefficient (Wildman–Crippen LogP) is 0.620.